The maximum absolute atomic E-state index is 11.5. The van der Waals surface area contributed by atoms with E-state index in [-0.39, 0.29) is 5.91 Å². The molecule has 0 aliphatic carbocycles. The van der Waals surface area contributed by atoms with Gasteiger partial charge in [0.1, 0.15) is 6.04 Å². The number of thiophene rings is 1. The van der Waals surface area contributed by atoms with Crippen molar-refractivity contribution in [2.24, 2.45) is 0 Å². The van der Waals surface area contributed by atoms with E-state index in [9.17, 15) is 9.59 Å². The Balaban J connectivity index is 2.36. The molecule has 16 heavy (non-hydrogen) atoms. The first-order valence-electron chi connectivity index (χ1n) is 5.10. The van der Waals surface area contributed by atoms with E-state index in [4.69, 9.17) is 4.74 Å². The van der Waals surface area contributed by atoms with Crippen LogP contribution in [0.25, 0.3) is 0 Å². The van der Waals surface area contributed by atoms with Crippen LogP contribution in [0.2, 0.25) is 0 Å². The van der Waals surface area contributed by atoms with E-state index in [1.54, 1.807) is 25.2 Å². The van der Waals surface area contributed by atoms with Crippen molar-refractivity contribution in [2.45, 2.75) is 26.3 Å². The fourth-order valence-electron chi connectivity index (χ4n) is 1.20. The number of amides is 1. The second-order valence-electron chi connectivity index (χ2n) is 3.35. The van der Waals surface area contributed by atoms with Gasteiger partial charge in [0, 0.05) is 0 Å². The summed E-state index contributed by atoms with van der Waals surface area (Å²) in [7, 11) is 0. The van der Waals surface area contributed by atoms with Crippen molar-refractivity contribution in [3.8, 4) is 0 Å². The molecule has 0 saturated carbocycles. The molecule has 1 amide bonds. The molecule has 0 fully saturated rings. The van der Waals surface area contributed by atoms with Crippen molar-refractivity contribution in [1.29, 1.82) is 0 Å². The zero-order chi connectivity index (χ0) is 12.0. The predicted molar refractivity (Wildman–Crippen MR) is 62.3 cm³/mol. The molecule has 1 N–H and O–H groups in total. The lowest BCUT2D eigenvalue weighted by atomic mass is 10.2. The molecule has 0 aliphatic heterocycles. The highest BCUT2D eigenvalue weighted by atomic mass is 32.1. The highest BCUT2D eigenvalue weighted by Gasteiger charge is 2.16. The molecule has 0 radical (unpaired) electrons. The fourth-order valence-corrected chi connectivity index (χ4v) is 1.87. The molecule has 0 bridgehead atoms. The zero-order valence-corrected chi connectivity index (χ0v) is 10.2. The lowest BCUT2D eigenvalue weighted by molar-refractivity contribution is -0.146. The third-order valence-corrected chi connectivity index (χ3v) is 2.69. The Bertz CT molecular complexity index is 348. The Labute approximate surface area is 98.6 Å². The van der Waals surface area contributed by atoms with E-state index in [1.807, 2.05) is 16.8 Å². The Morgan fingerprint density at radius 1 is 1.56 bits per heavy atom. The molecule has 1 heterocycles. The number of ether oxygens (including phenoxy) is 1. The summed E-state index contributed by atoms with van der Waals surface area (Å²) in [5, 5.41) is 6.42. The average Bonchev–Trinajstić information content (AvgIpc) is 2.70. The highest BCUT2D eigenvalue weighted by Crippen LogP contribution is 2.06. The van der Waals surface area contributed by atoms with Gasteiger partial charge in [-0.2, -0.15) is 11.3 Å². The van der Waals surface area contributed by atoms with E-state index in [0.717, 1.165) is 5.56 Å². The first-order valence-corrected chi connectivity index (χ1v) is 6.04. The van der Waals surface area contributed by atoms with Crippen LogP contribution in [0.4, 0.5) is 0 Å². The molecule has 88 valence electrons. The maximum atomic E-state index is 11.5. The van der Waals surface area contributed by atoms with Gasteiger partial charge in [0.05, 0.1) is 13.0 Å². The van der Waals surface area contributed by atoms with Crippen LogP contribution in [0.15, 0.2) is 16.8 Å². The van der Waals surface area contributed by atoms with Gasteiger partial charge in [-0.05, 0) is 36.2 Å². The molecule has 1 aromatic rings. The molecule has 1 atom stereocenters. The topological polar surface area (TPSA) is 55.4 Å². The number of rotatable bonds is 5. The molecule has 0 spiro atoms. The Hall–Kier alpha value is -1.36. The third kappa shape index (κ3) is 4.02. The van der Waals surface area contributed by atoms with Gasteiger partial charge >= 0.3 is 5.97 Å². The number of carbonyl (C=O) groups is 2. The van der Waals surface area contributed by atoms with Crippen LogP contribution >= 0.6 is 11.3 Å². The van der Waals surface area contributed by atoms with Crippen LogP contribution in [0.1, 0.15) is 19.4 Å². The van der Waals surface area contributed by atoms with Crippen LogP contribution in [-0.2, 0) is 20.7 Å². The van der Waals surface area contributed by atoms with Crippen molar-refractivity contribution < 1.29 is 14.3 Å². The maximum Gasteiger partial charge on any atom is 0.328 e. The summed E-state index contributed by atoms with van der Waals surface area (Å²) in [5.41, 5.74) is 0.957. The Morgan fingerprint density at radius 2 is 2.31 bits per heavy atom. The number of nitrogens with one attached hydrogen (secondary N) is 1. The smallest absolute Gasteiger partial charge is 0.328 e. The van der Waals surface area contributed by atoms with Gasteiger partial charge in [-0.15, -0.1) is 0 Å². The summed E-state index contributed by atoms with van der Waals surface area (Å²) in [6.07, 6.45) is 0.299. The summed E-state index contributed by atoms with van der Waals surface area (Å²) in [6.45, 7) is 3.67. The molecule has 0 aliphatic rings. The molecule has 1 aromatic heterocycles. The van der Waals surface area contributed by atoms with E-state index in [1.165, 1.54) is 0 Å². The van der Waals surface area contributed by atoms with Crippen LogP contribution in [0.5, 0.6) is 0 Å². The first kappa shape index (κ1) is 12.7. The van der Waals surface area contributed by atoms with Gasteiger partial charge in [0.2, 0.25) is 5.91 Å². The molecule has 5 heteroatoms. The molecule has 4 nitrogen and oxygen atoms in total. The molecular weight excluding hydrogens is 226 g/mol. The number of carbonyl (C=O) groups excluding carboxylic acids is 2. The van der Waals surface area contributed by atoms with E-state index in [0.29, 0.717) is 13.0 Å². The van der Waals surface area contributed by atoms with Gasteiger partial charge in [-0.1, -0.05) is 0 Å². The second kappa shape index (κ2) is 6.27. The van der Waals surface area contributed by atoms with Gasteiger partial charge < -0.3 is 10.1 Å². The largest absolute Gasteiger partial charge is 0.464 e. The number of hydrogen-bond donors (Lipinski definition) is 1. The monoisotopic (exact) mass is 241 g/mol. The van der Waals surface area contributed by atoms with Crippen molar-refractivity contribution in [3.63, 3.8) is 0 Å². The summed E-state index contributed by atoms with van der Waals surface area (Å²) < 4.78 is 4.79. The van der Waals surface area contributed by atoms with Crippen molar-refractivity contribution in [1.82, 2.24) is 5.32 Å². The molecule has 1 unspecified atom stereocenters. The first-order chi connectivity index (χ1) is 7.63. The van der Waals surface area contributed by atoms with Crippen LogP contribution in [0, 0.1) is 0 Å². The third-order valence-electron chi connectivity index (χ3n) is 1.96. The summed E-state index contributed by atoms with van der Waals surface area (Å²) in [6, 6.07) is 1.30. The molecule has 0 aromatic carbocycles. The SMILES string of the molecule is CCOC(=O)C(C)NC(=O)Cc1ccsc1. The average molecular weight is 241 g/mol. The zero-order valence-electron chi connectivity index (χ0n) is 9.36. The van der Waals surface area contributed by atoms with Crippen molar-refractivity contribution in [2.75, 3.05) is 6.61 Å². The minimum Gasteiger partial charge on any atom is -0.464 e. The van der Waals surface area contributed by atoms with Gasteiger partial charge in [0.25, 0.3) is 0 Å². The molecule has 0 saturated heterocycles. The lowest BCUT2D eigenvalue weighted by Gasteiger charge is -2.12. The minimum absolute atomic E-state index is 0.168. The second-order valence-corrected chi connectivity index (χ2v) is 4.13. The highest BCUT2D eigenvalue weighted by molar-refractivity contribution is 7.07. The summed E-state index contributed by atoms with van der Waals surface area (Å²) in [4.78, 5) is 22.8. The van der Waals surface area contributed by atoms with Crippen LogP contribution in [-0.4, -0.2) is 24.5 Å². The van der Waals surface area contributed by atoms with Gasteiger partial charge in [-0.3, -0.25) is 4.79 Å². The van der Waals surface area contributed by atoms with Crippen LogP contribution in [0.3, 0.4) is 0 Å². The van der Waals surface area contributed by atoms with E-state index >= 15 is 0 Å². The van der Waals surface area contributed by atoms with Crippen molar-refractivity contribution in [3.05, 3.63) is 22.4 Å². The fraction of sp³-hybridized carbons (Fsp3) is 0.455. The quantitative estimate of drug-likeness (QED) is 0.792. The van der Waals surface area contributed by atoms with Crippen LogP contribution < -0.4 is 5.32 Å². The standard InChI is InChI=1S/C11H15NO3S/c1-3-15-11(14)8(2)12-10(13)6-9-4-5-16-7-9/h4-5,7-8H,3,6H2,1-2H3,(H,12,13). The van der Waals surface area contributed by atoms with Gasteiger partial charge in [-0.25, -0.2) is 4.79 Å². The van der Waals surface area contributed by atoms with Gasteiger partial charge in [0.15, 0.2) is 0 Å². The van der Waals surface area contributed by atoms with E-state index < -0.39 is 12.0 Å². The van der Waals surface area contributed by atoms with E-state index in [2.05, 4.69) is 5.32 Å². The molecule has 1 rings (SSSR count). The minimum atomic E-state index is -0.592. The van der Waals surface area contributed by atoms with Crippen molar-refractivity contribution >= 4 is 23.2 Å². The summed E-state index contributed by atoms with van der Waals surface area (Å²) >= 11 is 1.54. The summed E-state index contributed by atoms with van der Waals surface area (Å²) in [5.74, 6) is -0.569. The number of esters is 1. The Morgan fingerprint density at radius 3 is 2.88 bits per heavy atom. The number of hydrogen-bond acceptors (Lipinski definition) is 4. The normalized spacial score (nSPS) is 11.9. The molecular formula is C11H15NO3S. The predicted octanol–water partition coefficient (Wildman–Crippen LogP) is 1.36. The lowest BCUT2D eigenvalue weighted by Crippen LogP contribution is -2.40. The Kier molecular flexibility index (Phi) is 4.98.